The molecule has 0 aliphatic heterocycles. The first kappa shape index (κ1) is 17.2. The van der Waals surface area contributed by atoms with Crippen molar-refractivity contribution in [1.82, 2.24) is 5.32 Å². The van der Waals surface area contributed by atoms with Crippen LogP contribution in [0.25, 0.3) is 0 Å². The van der Waals surface area contributed by atoms with Gasteiger partial charge in [-0.25, -0.2) is 0 Å². The Bertz CT molecular complexity index is 634. The third-order valence-electron chi connectivity index (χ3n) is 3.39. The highest BCUT2D eigenvalue weighted by molar-refractivity contribution is 7.10. The number of thiophene rings is 1. The van der Waals surface area contributed by atoms with E-state index in [9.17, 15) is 9.59 Å². The molecule has 0 aliphatic carbocycles. The summed E-state index contributed by atoms with van der Waals surface area (Å²) in [5, 5.41) is 16.6. The van der Waals surface area contributed by atoms with Crippen molar-refractivity contribution in [2.45, 2.75) is 25.8 Å². The summed E-state index contributed by atoms with van der Waals surface area (Å²) >= 11 is 1.54. The Morgan fingerprint density at radius 2 is 1.96 bits per heavy atom. The molecule has 1 aromatic heterocycles. The number of nitrogens with one attached hydrogen (secondary N) is 2. The topological polar surface area (TPSA) is 78.4 Å². The lowest BCUT2D eigenvalue weighted by Gasteiger charge is -2.14. The van der Waals surface area contributed by atoms with E-state index in [2.05, 4.69) is 10.6 Å². The summed E-state index contributed by atoms with van der Waals surface area (Å²) in [6.07, 6.45) is 1.01. The highest BCUT2D eigenvalue weighted by atomic mass is 32.1. The molecule has 3 N–H and O–H groups in total. The predicted molar refractivity (Wildman–Crippen MR) is 91.7 cm³/mol. The van der Waals surface area contributed by atoms with E-state index >= 15 is 0 Å². The van der Waals surface area contributed by atoms with Gasteiger partial charge in [-0.1, -0.05) is 13.0 Å². The fraction of sp³-hybridized carbons (Fsp3) is 0.294. The van der Waals surface area contributed by atoms with E-state index in [1.807, 2.05) is 24.4 Å². The van der Waals surface area contributed by atoms with Crippen molar-refractivity contribution in [2.75, 3.05) is 11.9 Å². The van der Waals surface area contributed by atoms with Crippen LogP contribution in [0.5, 0.6) is 0 Å². The van der Waals surface area contributed by atoms with E-state index in [4.69, 9.17) is 5.11 Å². The summed E-state index contributed by atoms with van der Waals surface area (Å²) in [4.78, 5) is 24.9. The van der Waals surface area contributed by atoms with Gasteiger partial charge in [0.25, 0.3) is 5.91 Å². The average molecular weight is 332 g/mol. The van der Waals surface area contributed by atoms with E-state index < -0.39 is 0 Å². The lowest BCUT2D eigenvalue weighted by atomic mass is 10.1. The van der Waals surface area contributed by atoms with Crippen LogP contribution in [-0.4, -0.2) is 29.6 Å². The molecule has 1 atom stereocenters. The largest absolute Gasteiger partial charge is 0.394 e. The van der Waals surface area contributed by atoms with Crippen LogP contribution in [0, 0.1) is 0 Å². The molecule has 5 nitrogen and oxygen atoms in total. The standard InChI is InChI=1S/C17H20N2O3S/c1-2-13(11-20)19-17(22)12-5-7-14(8-6-12)18-16(21)10-15-4-3-9-23-15/h3-9,13,20H,2,10-11H2,1H3,(H,18,21)(H,19,22). The number of amides is 2. The van der Waals surface area contributed by atoms with Crippen molar-refractivity contribution in [3.05, 3.63) is 52.2 Å². The molecule has 2 amide bonds. The maximum Gasteiger partial charge on any atom is 0.251 e. The van der Waals surface area contributed by atoms with Crippen molar-refractivity contribution >= 4 is 28.8 Å². The van der Waals surface area contributed by atoms with Gasteiger partial charge < -0.3 is 15.7 Å². The third kappa shape index (κ3) is 5.19. The Kier molecular flexibility index (Phi) is 6.31. The normalized spacial score (nSPS) is 11.7. The Morgan fingerprint density at radius 1 is 1.22 bits per heavy atom. The third-order valence-corrected chi connectivity index (χ3v) is 4.27. The second-order valence-corrected chi connectivity index (χ2v) is 6.18. The number of carbonyl (C=O) groups excluding carboxylic acids is 2. The van der Waals surface area contributed by atoms with E-state index in [0.29, 0.717) is 24.1 Å². The molecule has 1 heterocycles. The van der Waals surface area contributed by atoms with Gasteiger partial charge in [0.2, 0.25) is 5.91 Å². The van der Waals surface area contributed by atoms with Gasteiger partial charge in [-0.2, -0.15) is 0 Å². The van der Waals surface area contributed by atoms with Gasteiger partial charge in [0, 0.05) is 16.1 Å². The van der Waals surface area contributed by atoms with Gasteiger partial charge in [-0.3, -0.25) is 9.59 Å². The van der Waals surface area contributed by atoms with Gasteiger partial charge >= 0.3 is 0 Å². The van der Waals surface area contributed by atoms with Crippen LogP contribution in [0.3, 0.4) is 0 Å². The highest BCUT2D eigenvalue weighted by Gasteiger charge is 2.11. The quantitative estimate of drug-likeness (QED) is 0.729. The van der Waals surface area contributed by atoms with Crippen LogP contribution >= 0.6 is 11.3 Å². The fourth-order valence-electron chi connectivity index (χ4n) is 2.03. The van der Waals surface area contributed by atoms with Crippen molar-refractivity contribution in [2.24, 2.45) is 0 Å². The number of carbonyl (C=O) groups is 2. The summed E-state index contributed by atoms with van der Waals surface area (Å²) in [6.45, 7) is 1.81. The molecule has 0 bridgehead atoms. The molecule has 0 saturated heterocycles. The summed E-state index contributed by atoms with van der Waals surface area (Å²) < 4.78 is 0. The molecule has 0 spiro atoms. The number of hydrogen-bond donors (Lipinski definition) is 3. The number of aliphatic hydroxyl groups is 1. The smallest absolute Gasteiger partial charge is 0.251 e. The van der Waals surface area contributed by atoms with Crippen molar-refractivity contribution in [1.29, 1.82) is 0 Å². The SMILES string of the molecule is CCC(CO)NC(=O)c1ccc(NC(=O)Cc2cccs2)cc1. The maximum atomic E-state index is 12.0. The van der Waals surface area contributed by atoms with Gasteiger partial charge in [0.05, 0.1) is 19.1 Å². The average Bonchev–Trinajstić information content (AvgIpc) is 3.05. The zero-order valence-corrected chi connectivity index (χ0v) is 13.7. The van der Waals surface area contributed by atoms with Gasteiger partial charge in [0.1, 0.15) is 0 Å². The van der Waals surface area contributed by atoms with Crippen molar-refractivity contribution < 1.29 is 14.7 Å². The second-order valence-electron chi connectivity index (χ2n) is 5.14. The maximum absolute atomic E-state index is 12.0. The Balaban J connectivity index is 1.91. The van der Waals surface area contributed by atoms with Crippen LogP contribution < -0.4 is 10.6 Å². The zero-order valence-electron chi connectivity index (χ0n) is 12.9. The molecular formula is C17H20N2O3S. The van der Waals surface area contributed by atoms with E-state index in [-0.39, 0.29) is 24.5 Å². The van der Waals surface area contributed by atoms with Crippen LogP contribution in [0.2, 0.25) is 0 Å². The van der Waals surface area contributed by atoms with E-state index in [0.717, 1.165) is 4.88 Å². The molecule has 0 aliphatic rings. The van der Waals surface area contributed by atoms with E-state index in [1.165, 1.54) is 0 Å². The molecule has 122 valence electrons. The molecule has 2 rings (SSSR count). The minimum absolute atomic E-state index is 0.0842. The van der Waals surface area contributed by atoms with Crippen molar-refractivity contribution in [3.63, 3.8) is 0 Å². The fourth-order valence-corrected chi connectivity index (χ4v) is 2.73. The Morgan fingerprint density at radius 3 is 2.52 bits per heavy atom. The molecular weight excluding hydrogens is 312 g/mol. The summed E-state index contributed by atoms with van der Waals surface area (Å²) in [6, 6.07) is 10.3. The lowest BCUT2D eigenvalue weighted by molar-refractivity contribution is -0.115. The van der Waals surface area contributed by atoms with Gasteiger partial charge in [-0.05, 0) is 42.1 Å². The molecule has 23 heavy (non-hydrogen) atoms. The number of anilines is 1. The molecule has 0 radical (unpaired) electrons. The first-order chi connectivity index (χ1) is 11.1. The number of rotatable bonds is 7. The monoisotopic (exact) mass is 332 g/mol. The zero-order chi connectivity index (χ0) is 16.7. The van der Waals surface area contributed by atoms with E-state index in [1.54, 1.807) is 35.6 Å². The minimum atomic E-state index is -0.243. The first-order valence-electron chi connectivity index (χ1n) is 7.46. The predicted octanol–water partition coefficient (Wildman–Crippen LogP) is 2.43. The Labute approximate surface area is 139 Å². The first-order valence-corrected chi connectivity index (χ1v) is 8.34. The molecule has 6 heteroatoms. The van der Waals surface area contributed by atoms with Crippen LogP contribution in [-0.2, 0) is 11.2 Å². The molecule has 1 aromatic carbocycles. The lowest BCUT2D eigenvalue weighted by Crippen LogP contribution is -2.36. The van der Waals surface area contributed by atoms with Crippen LogP contribution in [0.15, 0.2) is 41.8 Å². The minimum Gasteiger partial charge on any atom is -0.394 e. The molecule has 2 aromatic rings. The molecule has 0 fully saturated rings. The van der Waals surface area contributed by atoms with Crippen molar-refractivity contribution in [3.8, 4) is 0 Å². The summed E-state index contributed by atoms with van der Waals surface area (Å²) in [5.74, 6) is -0.321. The van der Waals surface area contributed by atoms with Gasteiger partial charge in [0.15, 0.2) is 0 Å². The second kappa shape index (κ2) is 8.45. The number of aliphatic hydroxyl groups excluding tert-OH is 1. The highest BCUT2D eigenvalue weighted by Crippen LogP contribution is 2.13. The van der Waals surface area contributed by atoms with Gasteiger partial charge in [-0.15, -0.1) is 11.3 Å². The number of hydrogen-bond acceptors (Lipinski definition) is 4. The Hall–Kier alpha value is -2.18. The number of benzene rings is 1. The van der Waals surface area contributed by atoms with Crippen LogP contribution in [0.1, 0.15) is 28.6 Å². The summed E-state index contributed by atoms with van der Waals surface area (Å²) in [5.41, 5.74) is 1.14. The molecule has 1 unspecified atom stereocenters. The molecule has 0 saturated carbocycles. The van der Waals surface area contributed by atoms with Crippen LogP contribution in [0.4, 0.5) is 5.69 Å². The summed E-state index contributed by atoms with van der Waals surface area (Å²) in [7, 11) is 0.